The van der Waals surface area contributed by atoms with Crippen LogP contribution < -0.4 is 10.6 Å². The van der Waals surface area contributed by atoms with Crippen molar-refractivity contribution in [1.29, 1.82) is 0 Å². The van der Waals surface area contributed by atoms with E-state index in [0.717, 1.165) is 12.1 Å². The van der Waals surface area contributed by atoms with Crippen LogP contribution in [0.25, 0.3) is 0 Å². The molecule has 0 aliphatic carbocycles. The summed E-state index contributed by atoms with van der Waals surface area (Å²) in [6.07, 6.45) is 0.440. The number of carbonyl (C=O) groups is 2. The van der Waals surface area contributed by atoms with E-state index in [1.807, 2.05) is 0 Å². The van der Waals surface area contributed by atoms with E-state index < -0.39 is 23.6 Å². The summed E-state index contributed by atoms with van der Waals surface area (Å²) in [7, 11) is 0. The second-order valence-corrected chi connectivity index (χ2v) is 5.16. The Balaban J connectivity index is 0. The van der Waals surface area contributed by atoms with Gasteiger partial charge >= 0.3 is 0 Å². The first-order chi connectivity index (χ1) is 9.38. The van der Waals surface area contributed by atoms with Crippen LogP contribution in [0.15, 0.2) is 12.1 Å². The van der Waals surface area contributed by atoms with Gasteiger partial charge in [0.25, 0.3) is 0 Å². The van der Waals surface area contributed by atoms with Crippen molar-refractivity contribution in [2.75, 3.05) is 5.32 Å². The van der Waals surface area contributed by atoms with Crippen LogP contribution in [-0.4, -0.2) is 17.9 Å². The largest absolute Gasteiger partial charge is 0.371 e. The van der Waals surface area contributed by atoms with Crippen LogP contribution in [0.3, 0.4) is 0 Å². The van der Waals surface area contributed by atoms with Gasteiger partial charge in [0.1, 0.15) is 17.7 Å². The molecule has 1 saturated heterocycles. The van der Waals surface area contributed by atoms with Gasteiger partial charge in [0.2, 0.25) is 11.8 Å². The molecular weight excluding hydrogens is 355 g/mol. The fraction of sp³-hybridized carbons (Fsp3) is 0.429. The molecule has 21 heavy (non-hydrogen) atoms. The number of halogens is 2. The van der Waals surface area contributed by atoms with Crippen molar-refractivity contribution in [2.24, 2.45) is 0 Å². The molecule has 7 heteroatoms. The van der Waals surface area contributed by atoms with E-state index in [9.17, 15) is 18.4 Å². The minimum Gasteiger partial charge on any atom is -0.371 e. The molecule has 0 saturated carbocycles. The Morgan fingerprint density at radius 3 is 2.52 bits per heavy atom. The molecule has 2 amide bonds. The van der Waals surface area contributed by atoms with Gasteiger partial charge in [-0.2, -0.15) is 0 Å². The molecule has 0 spiro atoms. The van der Waals surface area contributed by atoms with Gasteiger partial charge in [-0.1, -0.05) is 13.8 Å². The van der Waals surface area contributed by atoms with Gasteiger partial charge in [-0.05, 0) is 24.0 Å². The first-order valence-corrected chi connectivity index (χ1v) is 6.47. The molecule has 115 valence electrons. The van der Waals surface area contributed by atoms with Gasteiger partial charge in [0.05, 0.1) is 5.69 Å². The van der Waals surface area contributed by atoms with Crippen LogP contribution in [0.1, 0.15) is 41.0 Å². The topological polar surface area (TPSA) is 58.2 Å². The van der Waals surface area contributed by atoms with Crippen LogP contribution in [0.4, 0.5) is 14.5 Å². The van der Waals surface area contributed by atoms with Crippen molar-refractivity contribution in [1.82, 2.24) is 5.32 Å². The van der Waals surface area contributed by atoms with E-state index in [2.05, 4.69) is 10.6 Å². The van der Waals surface area contributed by atoms with E-state index >= 15 is 0 Å². The van der Waals surface area contributed by atoms with Gasteiger partial charge in [-0.15, -0.1) is 0 Å². The molecular formula is C14H20F2N2O2Y. The molecule has 0 bridgehead atoms. The molecule has 0 aromatic heterocycles. The Kier molecular flexibility index (Phi) is 6.41. The Bertz CT molecular complexity index is 574. The standard InChI is InChI=1S/C14H16F2N2O2.Y.2H2/c1-7(2)8-5-10(16)12(6-9(8)15)17-11-3-4-13(19)18-14(11)20;;;/h5-7,11,17H,3-4H2,1-2H3,(H,18,19,20);;2*1H. The first kappa shape index (κ1) is 18.2. The van der Waals surface area contributed by atoms with E-state index in [0.29, 0.717) is 0 Å². The summed E-state index contributed by atoms with van der Waals surface area (Å²) in [6.45, 7) is 3.54. The number of nitrogens with one attached hydrogen (secondary N) is 2. The quantitative estimate of drug-likeness (QED) is 0.799. The van der Waals surface area contributed by atoms with Gasteiger partial charge < -0.3 is 5.32 Å². The van der Waals surface area contributed by atoms with Gasteiger partial charge in [0.15, 0.2) is 0 Å². The van der Waals surface area contributed by atoms with E-state index in [-0.39, 0.29) is 71.5 Å². The zero-order valence-corrected chi connectivity index (χ0v) is 14.7. The summed E-state index contributed by atoms with van der Waals surface area (Å²) in [5.74, 6) is -2.13. The summed E-state index contributed by atoms with van der Waals surface area (Å²) < 4.78 is 27.8. The normalized spacial score (nSPS) is 18.2. The van der Waals surface area contributed by atoms with Crippen molar-refractivity contribution in [3.63, 3.8) is 0 Å². The molecule has 1 aromatic carbocycles. The molecule has 2 N–H and O–H groups in total. The maximum absolute atomic E-state index is 13.9. The summed E-state index contributed by atoms with van der Waals surface area (Å²) in [6, 6.07) is 1.45. The fourth-order valence-electron chi connectivity index (χ4n) is 2.13. The van der Waals surface area contributed by atoms with Crippen LogP contribution in [0.5, 0.6) is 0 Å². The fourth-order valence-corrected chi connectivity index (χ4v) is 2.13. The number of hydrogen-bond acceptors (Lipinski definition) is 3. The molecule has 1 unspecified atom stereocenters. The number of piperidine rings is 1. The zero-order valence-electron chi connectivity index (χ0n) is 11.9. The third-order valence-electron chi connectivity index (χ3n) is 3.28. The van der Waals surface area contributed by atoms with Gasteiger partial charge in [-0.3, -0.25) is 14.9 Å². The first-order valence-electron chi connectivity index (χ1n) is 6.47. The monoisotopic (exact) mass is 375 g/mol. The minimum absolute atomic E-state index is 0. The third-order valence-corrected chi connectivity index (χ3v) is 3.28. The molecule has 1 aliphatic rings. The van der Waals surface area contributed by atoms with Crippen LogP contribution >= 0.6 is 0 Å². The molecule has 1 atom stereocenters. The van der Waals surface area contributed by atoms with Crippen LogP contribution in [0, 0.1) is 11.6 Å². The average molecular weight is 375 g/mol. The third kappa shape index (κ3) is 4.30. The summed E-state index contributed by atoms with van der Waals surface area (Å²) in [5.41, 5.74) is 0.220. The number of rotatable bonds is 3. The van der Waals surface area contributed by atoms with Crippen LogP contribution in [-0.2, 0) is 42.3 Å². The average Bonchev–Trinajstić information content (AvgIpc) is 2.36. The molecule has 1 aromatic rings. The Hall–Kier alpha value is -0.876. The Morgan fingerprint density at radius 2 is 1.95 bits per heavy atom. The number of hydrogen-bond donors (Lipinski definition) is 2. The van der Waals surface area contributed by atoms with Gasteiger partial charge in [-0.25, -0.2) is 8.78 Å². The second-order valence-electron chi connectivity index (χ2n) is 5.16. The number of carbonyl (C=O) groups excluding carboxylic acids is 2. The van der Waals surface area contributed by atoms with E-state index in [1.165, 1.54) is 0 Å². The molecule has 1 aliphatic heterocycles. The van der Waals surface area contributed by atoms with Crippen molar-refractivity contribution in [3.05, 3.63) is 29.3 Å². The predicted molar refractivity (Wildman–Crippen MR) is 74.5 cm³/mol. The molecule has 4 nitrogen and oxygen atoms in total. The molecule has 1 heterocycles. The number of amides is 2. The summed E-state index contributed by atoms with van der Waals surface area (Å²) >= 11 is 0. The maximum Gasteiger partial charge on any atom is 0.249 e. The smallest absolute Gasteiger partial charge is 0.249 e. The van der Waals surface area contributed by atoms with Crippen molar-refractivity contribution < 1.29 is 53.9 Å². The zero-order chi connectivity index (χ0) is 14.9. The number of benzene rings is 1. The van der Waals surface area contributed by atoms with Gasteiger partial charge in [0, 0.05) is 48.0 Å². The van der Waals surface area contributed by atoms with Crippen molar-refractivity contribution in [2.45, 2.75) is 38.6 Å². The van der Waals surface area contributed by atoms with Crippen LogP contribution in [0.2, 0.25) is 0 Å². The number of anilines is 1. The molecule has 1 fully saturated rings. The summed E-state index contributed by atoms with van der Waals surface area (Å²) in [5, 5.41) is 4.80. The Labute approximate surface area is 149 Å². The molecule has 2 rings (SSSR count). The number of imide groups is 1. The Morgan fingerprint density at radius 1 is 1.29 bits per heavy atom. The molecule has 1 radical (unpaired) electrons. The van der Waals surface area contributed by atoms with Crippen molar-refractivity contribution >= 4 is 17.5 Å². The SMILES string of the molecule is CC(C)c1cc(F)c(NC2CCC(=O)NC2=O)cc1F.[HH].[HH].[Y]. The summed E-state index contributed by atoms with van der Waals surface area (Å²) in [4.78, 5) is 22.6. The predicted octanol–water partition coefficient (Wildman–Crippen LogP) is 2.79. The van der Waals surface area contributed by atoms with E-state index in [1.54, 1.807) is 13.8 Å². The maximum atomic E-state index is 13.9. The second kappa shape index (κ2) is 7.41. The minimum atomic E-state index is -0.730. The van der Waals surface area contributed by atoms with E-state index in [4.69, 9.17) is 0 Å². The van der Waals surface area contributed by atoms with Crippen molar-refractivity contribution in [3.8, 4) is 0 Å².